The van der Waals surface area contributed by atoms with Crippen LogP contribution < -0.4 is 5.32 Å². The summed E-state index contributed by atoms with van der Waals surface area (Å²) in [6, 6.07) is 0. The molecule has 0 saturated heterocycles. The first-order chi connectivity index (χ1) is 7.57. The molecule has 17 heavy (non-hydrogen) atoms. The first kappa shape index (κ1) is 16.1. The third-order valence-corrected chi connectivity index (χ3v) is 3.81. The Bertz CT molecular complexity index is 322. The van der Waals surface area contributed by atoms with Crippen LogP contribution in [0.3, 0.4) is 0 Å². The monoisotopic (exact) mass is 263 g/mol. The van der Waals surface area contributed by atoms with Crippen LogP contribution in [0.2, 0.25) is 0 Å². The second-order valence-corrected chi connectivity index (χ2v) is 6.99. The highest BCUT2D eigenvalue weighted by Gasteiger charge is 2.37. The molecule has 0 aromatic rings. The van der Waals surface area contributed by atoms with Gasteiger partial charge in [-0.3, -0.25) is 13.8 Å². The molecule has 0 aliphatic rings. The Morgan fingerprint density at radius 2 is 1.82 bits per heavy atom. The zero-order valence-electron chi connectivity index (χ0n) is 10.9. The molecule has 0 heterocycles. The van der Waals surface area contributed by atoms with Gasteiger partial charge in [-0.2, -0.15) is 0 Å². The molecule has 0 fully saturated rings. The van der Waals surface area contributed by atoms with E-state index in [0.717, 1.165) is 0 Å². The lowest BCUT2D eigenvalue weighted by molar-refractivity contribution is -0.151. The minimum Gasteiger partial charge on any atom is -0.481 e. The number of nitrogens with one attached hydrogen (secondary N) is 1. The standard InChI is InChI=1S/C11H21NO4S/c1-7(17(5)16)6-12-9(13)8(10(14)15)11(2,3)4/h7-8H,6H2,1-5H3,(H,12,13)(H,14,15). The molecule has 100 valence electrons. The zero-order chi connectivity index (χ0) is 13.8. The van der Waals surface area contributed by atoms with Gasteiger partial charge in [0.1, 0.15) is 5.92 Å². The van der Waals surface area contributed by atoms with E-state index >= 15 is 0 Å². The second-order valence-electron chi connectivity index (χ2n) is 5.19. The van der Waals surface area contributed by atoms with E-state index in [1.165, 1.54) is 0 Å². The average molecular weight is 263 g/mol. The van der Waals surface area contributed by atoms with Crippen molar-refractivity contribution in [2.75, 3.05) is 12.8 Å². The smallest absolute Gasteiger partial charge is 0.316 e. The maximum Gasteiger partial charge on any atom is 0.316 e. The fourth-order valence-electron chi connectivity index (χ4n) is 1.34. The van der Waals surface area contributed by atoms with E-state index in [4.69, 9.17) is 5.11 Å². The van der Waals surface area contributed by atoms with Gasteiger partial charge in [0.25, 0.3) is 0 Å². The van der Waals surface area contributed by atoms with Crippen molar-refractivity contribution in [1.29, 1.82) is 0 Å². The first-order valence-corrected chi connectivity index (χ1v) is 7.02. The predicted molar refractivity (Wildman–Crippen MR) is 67.1 cm³/mol. The third kappa shape index (κ3) is 5.30. The van der Waals surface area contributed by atoms with Crippen molar-refractivity contribution in [2.45, 2.75) is 32.9 Å². The molecule has 0 bridgehead atoms. The molecule has 0 rings (SSSR count). The Morgan fingerprint density at radius 1 is 1.35 bits per heavy atom. The van der Waals surface area contributed by atoms with Crippen LogP contribution in [0.15, 0.2) is 0 Å². The number of carbonyl (C=O) groups excluding carboxylic acids is 1. The van der Waals surface area contributed by atoms with E-state index in [1.807, 2.05) is 0 Å². The van der Waals surface area contributed by atoms with Crippen LogP contribution in [0, 0.1) is 11.3 Å². The minimum atomic E-state index is -1.14. The molecular weight excluding hydrogens is 242 g/mol. The van der Waals surface area contributed by atoms with Crippen molar-refractivity contribution in [1.82, 2.24) is 5.32 Å². The van der Waals surface area contributed by atoms with Crippen molar-refractivity contribution < 1.29 is 18.9 Å². The van der Waals surface area contributed by atoms with Crippen molar-refractivity contribution in [2.24, 2.45) is 11.3 Å². The summed E-state index contributed by atoms with van der Waals surface area (Å²) in [4.78, 5) is 22.8. The molecule has 0 radical (unpaired) electrons. The van der Waals surface area contributed by atoms with Gasteiger partial charge in [-0.05, 0) is 12.3 Å². The number of carboxylic acid groups (broad SMARTS) is 1. The summed E-state index contributed by atoms with van der Waals surface area (Å²) in [6.07, 6.45) is 1.55. The van der Waals surface area contributed by atoms with Gasteiger partial charge in [-0.25, -0.2) is 0 Å². The Balaban J connectivity index is 4.57. The van der Waals surface area contributed by atoms with Crippen molar-refractivity contribution in [3.8, 4) is 0 Å². The highest BCUT2D eigenvalue weighted by molar-refractivity contribution is 7.84. The van der Waals surface area contributed by atoms with E-state index in [2.05, 4.69) is 5.32 Å². The molecule has 5 nitrogen and oxygen atoms in total. The number of carboxylic acids is 1. The summed E-state index contributed by atoms with van der Waals surface area (Å²) in [5, 5.41) is 11.4. The maximum absolute atomic E-state index is 11.8. The van der Waals surface area contributed by atoms with E-state index in [9.17, 15) is 13.8 Å². The fraction of sp³-hybridized carbons (Fsp3) is 0.818. The molecule has 0 aromatic carbocycles. The van der Waals surface area contributed by atoms with Crippen LogP contribution in [0.4, 0.5) is 0 Å². The van der Waals surface area contributed by atoms with Gasteiger partial charge in [0.05, 0.1) is 0 Å². The van der Waals surface area contributed by atoms with Gasteiger partial charge in [0.15, 0.2) is 0 Å². The van der Waals surface area contributed by atoms with Gasteiger partial charge in [-0.15, -0.1) is 0 Å². The van der Waals surface area contributed by atoms with Crippen LogP contribution in [0.1, 0.15) is 27.7 Å². The molecule has 0 saturated carbocycles. The number of rotatable bonds is 5. The molecule has 1 amide bonds. The third-order valence-electron chi connectivity index (χ3n) is 2.51. The number of hydrogen-bond acceptors (Lipinski definition) is 3. The minimum absolute atomic E-state index is 0.187. The summed E-state index contributed by atoms with van der Waals surface area (Å²) >= 11 is 0. The van der Waals surface area contributed by atoms with E-state index in [1.54, 1.807) is 34.0 Å². The lowest BCUT2D eigenvalue weighted by Crippen LogP contribution is -2.45. The molecule has 3 unspecified atom stereocenters. The van der Waals surface area contributed by atoms with Crippen LogP contribution in [-0.4, -0.2) is 39.2 Å². The average Bonchev–Trinajstić information content (AvgIpc) is 2.10. The molecule has 0 aromatic heterocycles. The summed E-state index contributed by atoms with van der Waals surface area (Å²) in [5.74, 6) is -2.76. The van der Waals surface area contributed by atoms with E-state index in [0.29, 0.717) is 0 Å². The van der Waals surface area contributed by atoms with Gasteiger partial charge in [0, 0.05) is 28.9 Å². The van der Waals surface area contributed by atoms with Crippen molar-refractivity contribution in [3.05, 3.63) is 0 Å². The molecule has 0 spiro atoms. The summed E-state index contributed by atoms with van der Waals surface area (Å²) in [6.45, 7) is 7.07. The van der Waals surface area contributed by atoms with Gasteiger partial charge < -0.3 is 10.4 Å². The Labute approximate surface area is 104 Å². The molecule has 3 atom stereocenters. The number of hydrogen-bond donors (Lipinski definition) is 2. The maximum atomic E-state index is 11.8. The lowest BCUT2D eigenvalue weighted by atomic mass is 9.80. The number of aliphatic carboxylic acids is 1. The van der Waals surface area contributed by atoms with E-state index < -0.39 is 34.0 Å². The Hall–Kier alpha value is -0.910. The van der Waals surface area contributed by atoms with Gasteiger partial charge in [-0.1, -0.05) is 20.8 Å². The summed E-state index contributed by atoms with van der Waals surface area (Å²) < 4.78 is 11.1. The highest BCUT2D eigenvalue weighted by atomic mass is 32.2. The van der Waals surface area contributed by atoms with Crippen molar-refractivity contribution >= 4 is 22.7 Å². The van der Waals surface area contributed by atoms with Crippen LogP contribution in [-0.2, 0) is 20.4 Å². The molecule has 0 aliphatic carbocycles. The first-order valence-electron chi connectivity index (χ1n) is 5.40. The molecule has 2 N–H and O–H groups in total. The van der Waals surface area contributed by atoms with Crippen LogP contribution in [0.25, 0.3) is 0 Å². The number of amides is 1. The SMILES string of the molecule is CC(CNC(=O)C(C(=O)O)C(C)(C)C)S(C)=O. The fourth-order valence-corrected chi connectivity index (χ4v) is 1.66. The summed E-state index contributed by atoms with van der Waals surface area (Å²) in [5.41, 5.74) is -0.648. The van der Waals surface area contributed by atoms with E-state index in [-0.39, 0.29) is 11.8 Å². The number of carbonyl (C=O) groups is 2. The highest BCUT2D eigenvalue weighted by Crippen LogP contribution is 2.26. The lowest BCUT2D eigenvalue weighted by Gasteiger charge is -2.26. The molecule has 6 heteroatoms. The predicted octanol–water partition coefficient (Wildman–Crippen LogP) is 0.616. The molecular formula is C11H21NO4S. The van der Waals surface area contributed by atoms with Crippen molar-refractivity contribution in [3.63, 3.8) is 0 Å². The second kappa shape index (κ2) is 6.14. The van der Waals surface area contributed by atoms with Crippen LogP contribution >= 0.6 is 0 Å². The molecule has 0 aliphatic heterocycles. The summed E-state index contributed by atoms with van der Waals surface area (Å²) in [7, 11) is -1.03. The normalized spacial score (nSPS) is 17.0. The van der Waals surface area contributed by atoms with Crippen LogP contribution in [0.5, 0.6) is 0 Å². The largest absolute Gasteiger partial charge is 0.481 e. The van der Waals surface area contributed by atoms with Gasteiger partial charge >= 0.3 is 5.97 Å². The van der Waals surface area contributed by atoms with Gasteiger partial charge in [0.2, 0.25) is 5.91 Å². The Morgan fingerprint density at radius 3 is 2.12 bits per heavy atom. The quantitative estimate of drug-likeness (QED) is 0.712. The topological polar surface area (TPSA) is 83.5 Å². The zero-order valence-corrected chi connectivity index (χ0v) is 11.8. The Kier molecular flexibility index (Phi) is 5.81.